The molecule has 1 aliphatic rings. The molecule has 0 radical (unpaired) electrons. The Morgan fingerprint density at radius 3 is 1.17 bits per heavy atom. The molecule has 0 bridgehead atoms. The minimum Gasteiger partial charge on any atom is -0.309 e. The van der Waals surface area contributed by atoms with Gasteiger partial charge in [0.2, 0.25) is 0 Å². The molecule has 3 aromatic heterocycles. The van der Waals surface area contributed by atoms with Crippen LogP contribution in [0.2, 0.25) is 0 Å². The van der Waals surface area contributed by atoms with Gasteiger partial charge in [0.15, 0.2) is 5.82 Å². The standard InChI is InChI=1S/C71H70N4/c1-67(2,3)46-25-30-62-54(37-46)55-38-47(68(4,5)6)26-31-63(55)74(62)50-34-45(35-51(41-50)75-64-32-27-48(69(7,8)9)39-56(64)57-40-49(70(10,11)12)28-33-65(57)75)61-42-60(72-66(73-61)43-20-16-15-17-21-43)44-24-29-53-52-22-18-19-23-58(52)71(13,14)59(53)36-44/h15-42H,1-14H3. The van der Waals surface area contributed by atoms with Gasteiger partial charge in [-0.2, -0.15) is 0 Å². The summed E-state index contributed by atoms with van der Waals surface area (Å²) in [5.41, 5.74) is 22.0. The predicted molar refractivity (Wildman–Crippen MR) is 319 cm³/mol. The Bertz CT molecular complexity index is 3800. The van der Waals surface area contributed by atoms with Crippen LogP contribution in [0.15, 0.2) is 170 Å². The van der Waals surface area contributed by atoms with Gasteiger partial charge in [0.1, 0.15) is 0 Å². The Morgan fingerprint density at radius 1 is 0.333 bits per heavy atom. The molecule has 0 spiro atoms. The van der Waals surface area contributed by atoms with Crippen molar-refractivity contribution in [3.8, 4) is 56.4 Å². The van der Waals surface area contributed by atoms with Gasteiger partial charge < -0.3 is 9.13 Å². The molecule has 0 amide bonds. The summed E-state index contributed by atoms with van der Waals surface area (Å²) >= 11 is 0. The number of hydrogen-bond donors (Lipinski definition) is 0. The third-order valence-corrected chi connectivity index (χ3v) is 16.3. The summed E-state index contributed by atoms with van der Waals surface area (Å²) in [6.45, 7) is 32.4. The first kappa shape index (κ1) is 48.4. The number of nitrogens with zero attached hydrogens (tertiary/aromatic N) is 4. The zero-order valence-corrected chi connectivity index (χ0v) is 46.5. The van der Waals surface area contributed by atoms with Gasteiger partial charge in [-0.1, -0.05) is 188 Å². The fraction of sp³-hybridized carbons (Fsp3) is 0.268. The molecule has 75 heavy (non-hydrogen) atoms. The molecule has 0 N–H and O–H groups in total. The molecule has 0 saturated carbocycles. The molecule has 3 heterocycles. The molecule has 11 aromatic rings. The first-order valence-electron chi connectivity index (χ1n) is 27.0. The molecule has 0 atom stereocenters. The van der Waals surface area contributed by atoms with Gasteiger partial charge in [0.25, 0.3) is 0 Å². The van der Waals surface area contributed by atoms with Crippen LogP contribution in [0.1, 0.15) is 130 Å². The van der Waals surface area contributed by atoms with Crippen molar-refractivity contribution >= 4 is 43.6 Å². The van der Waals surface area contributed by atoms with E-state index in [9.17, 15) is 0 Å². The van der Waals surface area contributed by atoms with Crippen LogP contribution in [-0.4, -0.2) is 19.1 Å². The van der Waals surface area contributed by atoms with Crippen molar-refractivity contribution in [3.05, 3.63) is 203 Å². The summed E-state index contributed by atoms with van der Waals surface area (Å²) in [6.07, 6.45) is 0. The van der Waals surface area contributed by atoms with Crippen molar-refractivity contribution in [2.24, 2.45) is 0 Å². The van der Waals surface area contributed by atoms with Gasteiger partial charge in [-0.25, -0.2) is 9.97 Å². The molecule has 0 fully saturated rings. The second-order valence-electron chi connectivity index (χ2n) is 26.1. The second kappa shape index (κ2) is 16.7. The number of hydrogen-bond acceptors (Lipinski definition) is 2. The van der Waals surface area contributed by atoms with E-state index in [0.29, 0.717) is 5.82 Å². The highest BCUT2D eigenvalue weighted by Gasteiger charge is 2.35. The third kappa shape index (κ3) is 8.11. The van der Waals surface area contributed by atoms with Crippen LogP contribution in [0.3, 0.4) is 0 Å². The third-order valence-electron chi connectivity index (χ3n) is 16.3. The zero-order chi connectivity index (χ0) is 52.7. The summed E-state index contributed by atoms with van der Waals surface area (Å²) < 4.78 is 5.00. The molecule has 1 aliphatic carbocycles. The van der Waals surface area contributed by atoms with Crippen molar-refractivity contribution < 1.29 is 0 Å². The second-order valence-corrected chi connectivity index (χ2v) is 26.1. The van der Waals surface area contributed by atoms with Crippen molar-refractivity contribution in [2.75, 3.05) is 0 Å². The van der Waals surface area contributed by atoms with Crippen molar-refractivity contribution in [1.29, 1.82) is 0 Å². The monoisotopic (exact) mass is 979 g/mol. The maximum atomic E-state index is 5.55. The molecule has 4 heteroatoms. The van der Waals surface area contributed by atoms with Crippen LogP contribution < -0.4 is 0 Å². The van der Waals surface area contributed by atoms with E-state index in [1.165, 1.54) is 88.1 Å². The zero-order valence-electron chi connectivity index (χ0n) is 46.5. The average molecular weight is 979 g/mol. The Balaban J connectivity index is 1.17. The van der Waals surface area contributed by atoms with Crippen LogP contribution in [0, 0.1) is 0 Å². The average Bonchev–Trinajstić information content (AvgIpc) is 4.06. The van der Waals surface area contributed by atoms with Gasteiger partial charge in [-0.05, 0) is 145 Å². The highest BCUT2D eigenvalue weighted by Crippen LogP contribution is 2.50. The van der Waals surface area contributed by atoms with Crippen molar-refractivity contribution in [1.82, 2.24) is 19.1 Å². The normalized spacial score (nSPS) is 13.8. The highest BCUT2D eigenvalue weighted by atomic mass is 15.0. The summed E-state index contributed by atoms with van der Waals surface area (Å²) in [6, 6.07) is 64.1. The van der Waals surface area contributed by atoms with E-state index in [4.69, 9.17) is 9.97 Å². The molecule has 4 nitrogen and oxygen atoms in total. The van der Waals surface area contributed by atoms with E-state index in [-0.39, 0.29) is 27.1 Å². The summed E-state index contributed by atoms with van der Waals surface area (Å²) in [5.74, 6) is 0.695. The van der Waals surface area contributed by atoms with E-state index in [1.54, 1.807) is 0 Å². The predicted octanol–water partition coefficient (Wildman–Crippen LogP) is 19.2. The summed E-state index contributed by atoms with van der Waals surface area (Å²) in [5, 5.41) is 5.03. The van der Waals surface area contributed by atoms with Crippen molar-refractivity contribution in [2.45, 2.75) is 124 Å². The molecule has 8 aromatic carbocycles. The fourth-order valence-corrected chi connectivity index (χ4v) is 11.8. The minimum absolute atomic E-state index is 0.0205. The van der Waals surface area contributed by atoms with Gasteiger partial charge in [-0.15, -0.1) is 0 Å². The lowest BCUT2D eigenvalue weighted by Gasteiger charge is -2.22. The molecule has 374 valence electrons. The topological polar surface area (TPSA) is 35.6 Å². The lowest BCUT2D eigenvalue weighted by atomic mass is 9.82. The van der Waals surface area contributed by atoms with Crippen LogP contribution in [-0.2, 0) is 27.1 Å². The Hall–Kier alpha value is -7.56. The highest BCUT2D eigenvalue weighted by molar-refractivity contribution is 6.11. The first-order valence-corrected chi connectivity index (χ1v) is 27.0. The lowest BCUT2D eigenvalue weighted by Crippen LogP contribution is -2.14. The number of aromatic nitrogens is 4. The SMILES string of the molecule is CC(C)(C)c1ccc2c(c1)c1cc(C(C)(C)C)ccc1n2-c1cc(-c2cc(-c3ccc4c(c3)C(C)(C)c3ccccc3-4)nc(-c3ccccc3)n2)cc(-n2c3ccc(C(C)(C)C)cc3c3cc(C(C)(C)C)ccc32)c1. The van der Waals surface area contributed by atoms with Crippen LogP contribution in [0.4, 0.5) is 0 Å². The van der Waals surface area contributed by atoms with E-state index in [2.05, 4.69) is 276 Å². The largest absolute Gasteiger partial charge is 0.309 e. The van der Waals surface area contributed by atoms with Crippen LogP contribution in [0.25, 0.3) is 100 Å². The van der Waals surface area contributed by atoms with Crippen LogP contribution in [0.5, 0.6) is 0 Å². The molecule has 0 aliphatic heterocycles. The molecule has 0 saturated heterocycles. The molecular weight excluding hydrogens is 909 g/mol. The van der Waals surface area contributed by atoms with Gasteiger partial charge in [0, 0.05) is 55.0 Å². The van der Waals surface area contributed by atoms with E-state index < -0.39 is 0 Å². The Labute approximate surface area is 444 Å². The fourth-order valence-electron chi connectivity index (χ4n) is 11.8. The summed E-state index contributed by atoms with van der Waals surface area (Å²) in [7, 11) is 0. The van der Waals surface area contributed by atoms with Gasteiger partial charge in [0.05, 0.1) is 33.5 Å². The Kier molecular flexibility index (Phi) is 10.8. The number of benzene rings is 8. The van der Waals surface area contributed by atoms with Gasteiger partial charge >= 0.3 is 0 Å². The lowest BCUT2D eigenvalue weighted by molar-refractivity contribution is 0.590. The number of rotatable bonds is 5. The number of fused-ring (bicyclic) bond motifs is 9. The van der Waals surface area contributed by atoms with Gasteiger partial charge in [-0.3, -0.25) is 0 Å². The maximum absolute atomic E-state index is 5.55. The molecule has 12 rings (SSSR count). The molecular formula is C71H70N4. The van der Waals surface area contributed by atoms with E-state index >= 15 is 0 Å². The minimum atomic E-state index is -0.156. The maximum Gasteiger partial charge on any atom is 0.160 e. The summed E-state index contributed by atoms with van der Waals surface area (Å²) in [4.78, 5) is 11.0. The quantitative estimate of drug-likeness (QED) is 0.172. The van der Waals surface area contributed by atoms with E-state index in [0.717, 1.165) is 39.5 Å². The first-order chi connectivity index (χ1) is 35.4. The van der Waals surface area contributed by atoms with E-state index in [1.807, 2.05) is 0 Å². The van der Waals surface area contributed by atoms with Crippen LogP contribution >= 0.6 is 0 Å². The molecule has 0 unspecified atom stereocenters. The Morgan fingerprint density at radius 2 is 0.733 bits per heavy atom. The smallest absolute Gasteiger partial charge is 0.160 e. The van der Waals surface area contributed by atoms with Crippen molar-refractivity contribution in [3.63, 3.8) is 0 Å².